The minimum absolute atomic E-state index is 0.214. The lowest BCUT2D eigenvalue weighted by Crippen LogP contribution is -2.14. The van der Waals surface area contributed by atoms with Gasteiger partial charge in [0, 0.05) is 12.4 Å². The van der Waals surface area contributed by atoms with Gasteiger partial charge in [0.25, 0.3) is 5.91 Å². The van der Waals surface area contributed by atoms with Crippen LogP contribution in [0.5, 0.6) is 0 Å². The molecule has 0 radical (unpaired) electrons. The first-order chi connectivity index (χ1) is 8.69. The summed E-state index contributed by atoms with van der Waals surface area (Å²) in [6.07, 6.45) is 2.77. The average molecular weight is 259 g/mol. The third-order valence-electron chi connectivity index (χ3n) is 2.09. The van der Waals surface area contributed by atoms with Gasteiger partial charge >= 0.3 is 0 Å². The van der Waals surface area contributed by atoms with Gasteiger partial charge in [-0.3, -0.25) is 4.79 Å². The molecule has 6 heteroatoms. The van der Waals surface area contributed by atoms with Gasteiger partial charge in [-0.15, -0.1) is 0 Å². The first kappa shape index (κ1) is 12.0. The minimum Gasteiger partial charge on any atom is -0.305 e. The number of hydrogen-bond acceptors (Lipinski definition) is 4. The Kier molecular flexibility index (Phi) is 3.51. The molecule has 0 bridgehead atoms. The Morgan fingerprint density at radius 2 is 2.06 bits per heavy atom. The van der Waals surface area contributed by atoms with Crippen molar-refractivity contribution in [3.63, 3.8) is 0 Å². The Morgan fingerprint density at radius 3 is 2.61 bits per heavy atom. The average Bonchev–Trinajstić information content (AvgIpc) is 2.41. The standard InChI is InChI=1S/C12H7ClN4O/c13-9-2-4-11(16-7-9)17-12(18)10-3-1-8(5-14)6-15-10/h1-4,6-7H,(H,16,17,18). The summed E-state index contributed by atoms with van der Waals surface area (Å²) in [6, 6.07) is 8.14. The first-order valence-corrected chi connectivity index (χ1v) is 5.36. The second-order valence-corrected chi connectivity index (χ2v) is 3.80. The van der Waals surface area contributed by atoms with Crippen LogP contribution in [0.4, 0.5) is 5.82 Å². The highest BCUT2D eigenvalue weighted by Crippen LogP contribution is 2.10. The monoisotopic (exact) mass is 258 g/mol. The van der Waals surface area contributed by atoms with Gasteiger partial charge in [0.2, 0.25) is 0 Å². The molecule has 0 atom stereocenters. The fraction of sp³-hybridized carbons (Fsp3) is 0. The van der Waals surface area contributed by atoms with E-state index in [4.69, 9.17) is 16.9 Å². The summed E-state index contributed by atoms with van der Waals surface area (Å²) in [5.74, 6) is -0.00938. The quantitative estimate of drug-likeness (QED) is 0.896. The summed E-state index contributed by atoms with van der Waals surface area (Å²) >= 11 is 5.68. The van der Waals surface area contributed by atoms with Crippen molar-refractivity contribution < 1.29 is 4.79 Å². The fourth-order valence-electron chi connectivity index (χ4n) is 1.22. The van der Waals surface area contributed by atoms with Crippen LogP contribution in [0.3, 0.4) is 0 Å². The van der Waals surface area contributed by atoms with E-state index in [0.29, 0.717) is 16.4 Å². The van der Waals surface area contributed by atoms with E-state index in [1.165, 1.54) is 24.5 Å². The minimum atomic E-state index is -0.394. The molecule has 0 aliphatic rings. The number of carbonyl (C=O) groups excluding carboxylic acids is 1. The van der Waals surface area contributed by atoms with E-state index in [1.807, 2.05) is 6.07 Å². The molecule has 0 aliphatic heterocycles. The Bertz CT molecular complexity index is 601. The fourth-order valence-corrected chi connectivity index (χ4v) is 1.34. The maximum atomic E-state index is 11.8. The summed E-state index contributed by atoms with van der Waals surface area (Å²) in [5, 5.41) is 11.7. The van der Waals surface area contributed by atoms with Gasteiger partial charge in [0.15, 0.2) is 0 Å². The lowest BCUT2D eigenvalue weighted by Gasteiger charge is -2.03. The topological polar surface area (TPSA) is 78.7 Å². The molecular formula is C12H7ClN4O. The summed E-state index contributed by atoms with van der Waals surface area (Å²) in [4.78, 5) is 19.6. The van der Waals surface area contributed by atoms with Crippen molar-refractivity contribution in [2.75, 3.05) is 5.32 Å². The lowest BCUT2D eigenvalue weighted by atomic mass is 10.2. The highest BCUT2D eigenvalue weighted by atomic mass is 35.5. The number of halogens is 1. The van der Waals surface area contributed by atoms with E-state index in [-0.39, 0.29) is 5.69 Å². The Hall–Kier alpha value is -2.45. The highest BCUT2D eigenvalue weighted by Gasteiger charge is 2.08. The number of carbonyl (C=O) groups is 1. The maximum absolute atomic E-state index is 11.8. The van der Waals surface area contributed by atoms with Gasteiger partial charge in [-0.2, -0.15) is 5.26 Å². The maximum Gasteiger partial charge on any atom is 0.275 e. The smallest absolute Gasteiger partial charge is 0.275 e. The van der Waals surface area contributed by atoms with Gasteiger partial charge < -0.3 is 5.32 Å². The van der Waals surface area contributed by atoms with Crippen LogP contribution in [-0.4, -0.2) is 15.9 Å². The van der Waals surface area contributed by atoms with Crippen LogP contribution in [0.15, 0.2) is 36.7 Å². The number of nitrogens with zero attached hydrogens (tertiary/aromatic N) is 3. The van der Waals surface area contributed by atoms with Crippen LogP contribution in [0.25, 0.3) is 0 Å². The molecule has 0 aliphatic carbocycles. The zero-order chi connectivity index (χ0) is 13.0. The van der Waals surface area contributed by atoms with Crippen LogP contribution in [0.1, 0.15) is 16.1 Å². The normalized spacial score (nSPS) is 9.56. The predicted octanol–water partition coefficient (Wildman–Crippen LogP) is 2.25. The van der Waals surface area contributed by atoms with Crippen molar-refractivity contribution in [2.24, 2.45) is 0 Å². The van der Waals surface area contributed by atoms with E-state index in [0.717, 1.165) is 0 Å². The molecule has 0 fully saturated rings. The van der Waals surface area contributed by atoms with Gasteiger partial charge in [0.1, 0.15) is 17.6 Å². The Labute approximate surface area is 108 Å². The first-order valence-electron chi connectivity index (χ1n) is 4.98. The Balaban J connectivity index is 2.12. The molecule has 1 N–H and O–H groups in total. The number of pyridine rings is 2. The van der Waals surface area contributed by atoms with Crippen molar-refractivity contribution in [1.82, 2.24) is 9.97 Å². The summed E-state index contributed by atoms with van der Waals surface area (Å²) in [7, 11) is 0. The number of nitrogens with one attached hydrogen (secondary N) is 1. The van der Waals surface area contributed by atoms with E-state index < -0.39 is 5.91 Å². The zero-order valence-corrected chi connectivity index (χ0v) is 9.85. The van der Waals surface area contributed by atoms with Crippen molar-refractivity contribution in [2.45, 2.75) is 0 Å². The molecule has 5 nitrogen and oxygen atoms in total. The number of hydrogen-bond donors (Lipinski definition) is 1. The third kappa shape index (κ3) is 2.81. The SMILES string of the molecule is N#Cc1ccc(C(=O)Nc2ccc(Cl)cn2)nc1. The number of nitriles is 1. The zero-order valence-electron chi connectivity index (χ0n) is 9.09. The molecule has 2 aromatic rings. The molecule has 0 unspecified atom stereocenters. The molecule has 0 spiro atoms. The number of amides is 1. The highest BCUT2D eigenvalue weighted by molar-refractivity contribution is 6.30. The van der Waals surface area contributed by atoms with Crippen LogP contribution in [0, 0.1) is 11.3 Å². The second kappa shape index (κ2) is 5.25. The van der Waals surface area contributed by atoms with Crippen molar-refractivity contribution in [3.8, 4) is 6.07 Å². The molecule has 2 rings (SSSR count). The van der Waals surface area contributed by atoms with Crippen molar-refractivity contribution in [1.29, 1.82) is 5.26 Å². The summed E-state index contributed by atoms with van der Waals surface area (Å²) in [5.41, 5.74) is 0.613. The van der Waals surface area contributed by atoms with E-state index >= 15 is 0 Å². The molecule has 0 aromatic carbocycles. The summed E-state index contributed by atoms with van der Waals surface area (Å²) < 4.78 is 0. The predicted molar refractivity (Wildman–Crippen MR) is 66.2 cm³/mol. The van der Waals surface area contributed by atoms with Crippen LogP contribution in [-0.2, 0) is 0 Å². The molecule has 88 valence electrons. The van der Waals surface area contributed by atoms with Gasteiger partial charge in [-0.25, -0.2) is 9.97 Å². The van der Waals surface area contributed by atoms with E-state index in [2.05, 4.69) is 15.3 Å². The van der Waals surface area contributed by atoms with E-state index in [1.54, 1.807) is 12.1 Å². The lowest BCUT2D eigenvalue weighted by molar-refractivity contribution is 0.102. The molecule has 0 saturated heterocycles. The van der Waals surface area contributed by atoms with Gasteiger partial charge in [-0.05, 0) is 24.3 Å². The molecule has 0 saturated carbocycles. The summed E-state index contributed by atoms with van der Waals surface area (Å²) in [6.45, 7) is 0. The third-order valence-corrected chi connectivity index (χ3v) is 2.32. The molecule has 1 amide bonds. The van der Waals surface area contributed by atoms with Gasteiger partial charge in [0.05, 0.1) is 10.6 Å². The Morgan fingerprint density at radius 1 is 1.22 bits per heavy atom. The van der Waals surface area contributed by atoms with Gasteiger partial charge in [-0.1, -0.05) is 11.6 Å². The molecule has 18 heavy (non-hydrogen) atoms. The number of anilines is 1. The number of rotatable bonds is 2. The van der Waals surface area contributed by atoms with Crippen LogP contribution in [0.2, 0.25) is 5.02 Å². The van der Waals surface area contributed by atoms with Crippen LogP contribution < -0.4 is 5.32 Å². The molecular weight excluding hydrogens is 252 g/mol. The second-order valence-electron chi connectivity index (χ2n) is 3.36. The number of aromatic nitrogens is 2. The van der Waals surface area contributed by atoms with Crippen molar-refractivity contribution in [3.05, 3.63) is 52.9 Å². The largest absolute Gasteiger partial charge is 0.305 e. The van der Waals surface area contributed by atoms with E-state index in [9.17, 15) is 4.79 Å². The van der Waals surface area contributed by atoms with Crippen molar-refractivity contribution >= 4 is 23.3 Å². The molecule has 2 aromatic heterocycles. The van der Waals surface area contributed by atoms with Crippen LogP contribution >= 0.6 is 11.6 Å². The molecule has 2 heterocycles.